The molecule has 10 heavy (non-hydrogen) atoms. The summed E-state index contributed by atoms with van der Waals surface area (Å²) >= 11 is 0. The Morgan fingerprint density at radius 3 is 2.60 bits per heavy atom. The highest BCUT2D eigenvalue weighted by atomic mass is 32.2. The number of rotatable bonds is 0. The zero-order valence-electron chi connectivity index (χ0n) is 6.54. The molecule has 0 saturated carbocycles. The molecule has 0 aromatic heterocycles. The fourth-order valence-corrected chi connectivity index (χ4v) is 2.80. The molecule has 4 atom stereocenters. The normalized spacial score (nSPS) is 49.1. The lowest BCUT2D eigenvalue weighted by Crippen LogP contribution is -2.41. The minimum atomic E-state index is -0.616. The van der Waals surface area contributed by atoms with E-state index in [-0.39, 0.29) is 6.04 Å². The standard InChI is InChI=1S/C7H15NOS/c1-5-4-10(9)6(2)3-7(5)8/h5-7H,3-4,8H2,1-2H3. The molecule has 2 N–H and O–H groups in total. The Morgan fingerprint density at radius 1 is 1.50 bits per heavy atom. The average Bonchev–Trinajstić information content (AvgIpc) is 1.84. The van der Waals surface area contributed by atoms with Crippen LogP contribution in [0.5, 0.6) is 0 Å². The van der Waals surface area contributed by atoms with Gasteiger partial charge in [0.2, 0.25) is 0 Å². The van der Waals surface area contributed by atoms with Crippen molar-refractivity contribution in [1.82, 2.24) is 0 Å². The first-order chi connectivity index (χ1) is 4.61. The lowest BCUT2D eigenvalue weighted by atomic mass is 10.00. The van der Waals surface area contributed by atoms with Gasteiger partial charge < -0.3 is 5.73 Å². The third-order valence-corrected chi connectivity index (χ3v) is 4.16. The molecule has 0 aromatic carbocycles. The Bertz CT molecular complexity index is 149. The van der Waals surface area contributed by atoms with E-state index in [9.17, 15) is 4.21 Å². The van der Waals surface area contributed by atoms with Crippen molar-refractivity contribution in [2.75, 3.05) is 5.75 Å². The summed E-state index contributed by atoms with van der Waals surface area (Å²) in [7, 11) is -0.616. The van der Waals surface area contributed by atoms with Gasteiger partial charge in [-0.25, -0.2) is 0 Å². The molecule has 1 heterocycles. The molecular formula is C7H15NOS. The summed E-state index contributed by atoms with van der Waals surface area (Å²) in [6.07, 6.45) is 0.924. The van der Waals surface area contributed by atoms with Crippen molar-refractivity contribution in [3.63, 3.8) is 0 Å². The van der Waals surface area contributed by atoms with Crippen molar-refractivity contribution in [3.8, 4) is 0 Å². The van der Waals surface area contributed by atoms with Crippen LogP contribution < -0.4 is 5.73 Å². The molecule has 2 nitrogen and oxygen atoms in total. The summed E-state index contributed by atoms with van der Waals surface area (Å²) in [5.41, 5.74) is 5.80. The maximum atomic E-state index is 11.2. The molecular weight excluding hydrogens is 146 g/mol. The van der Waals surface area contributed by atoms with Gasteiger partial charge in [0.1, 0.15) is 0 Å². The molecule has 0 amide bonds. The van der Waals surface area contributed by atoms with Crippen LogP contribution in [0.3, 0.4) is 0 Å². The first-order valence-corrected chi connectivity index (χ1v) is 5.12. The number of nitrogens with two attached hydrogens (primary N) is 1. The van der Waals surface area contributed by atoms with Crippen molar-refractivity contribution in [2.45, 2.75) is 31.6 Å². The molecule has 0 spiro atoms. The van der Waals surface area contributed by atoms with E-state index in [1.54, 1.807) is 0 Å². The molecule has 4 unspecified atom stereocenters. The molecule has 1 saturated heterocycles. The fourth-order valence-electron chi connectivity index (χ4n) is 1.27. The van der Waals surface area contributed by atoms with Crippen LogP contribution in [0.4, 0.5) is 0 Å². The summed E-state index contributed by atoms with van der Waals surface area (Å²) in [5, 5.41) is 0.311. The highest BCUT2D eigenvalue weighted by Crippen LogP contribution is 2.19. The highest BCUT2D eigenvalue weighted by molar-refractivity contribution is 7.85. The van der Waals surface area contributed by atoms with Crippen molar-refractivity contribution < 1.29 is 4.21 Å². The molecule has 3 heteroatoms. The predicted octanol–water partition coefficient (Wildman–Crippen LogP) is 0.491. The van der Waals surface area contributed by atoms with E-state index in [4.69, 9.17) is 5.73 Å². The lowest BCUT2D eigenvalue weighted by molar-refractivity contribution is 0.443. The third kappa shape index (κ3) is 1.58. The van der Waals surface area contributed by atoms with E-state index in [1.807, 2.05) is 6.92 Å². The Kier molecular flexibility index (Phi) is 2.47. The van der Waals surface area contributed by atoms with Gasteiger partial charge in [-0.3, -0.25) is 4.21 Å². The third-order valence-electron chi connectivity index (χ3n) is 2.21. The highest BCUT2D eigenvalue weighted by Gasteiger charge is 2.27. The predicted molar refractivity (Wildman–Crippen MR) is 44.2 cm³/mol. The van der Waals surface area contributed by atoms with Crippen LogP contribution in [0, 0.1) is 5.92 Å². The van der Waals surface area contributed by atoms with Gasteiger partial charge in [0.25, 0.3) is 0 Å². The summed E-state index contributed by atoms with van der Waals surface area (Å²) in [4.78, 5) is 0. The zero-order valence-corrected chi connectivity index (χ0v) is 7.36. The second-order valence-corrected chi connectivity index (χ2v) is 5.13. The Hall–Kier alpha value is 0.110. The van der Waals surface area contributed by atoms with Gasteiger partial charge in [-0.05, 0) is 12.3 Å². The van der Waals surface area contributed by atoms with Gasteiger partial charge in [-0.2, -0.15) is 0 Å². The van der Waals surface area contributed by atoms with Crippen molar-refractivity contribution >= 4 is 10.8 Å². The number of hydrogen-bond acceptors (Lipinski definition) is 2. The van der Waals surface area contributed by atoms with Gasteiger partial charge in [-0.1, -0.05) is 13.8 Å². The van der Waals surface area contributed by atoms with Crippen molar-refractivity contribution in [3.05, 3.63) is 0 Å². The van der Waals surface area contributed by atoms with Gasteiger partial charge in [0, 0.05) is 27.8 Å². The topological polar surface area (TPSA) is 43.1 Å². The monoisotopic (exact) mass is 161 g/mol. The Morgan fingerprint density at radius 2 is 2.10 bits per heavy atom. The average molecular weight is 161 g/mol. The van der Waals surface area contributed by atoms with E-state index < -0.39 is 10.8 Å². The lowest BCUT2D eigenvalue weighted by Gasteiger charge is -2.28. The Balaban J connectivity index is 2.54. The van der Waals surface area contributed by atoms with Crippen LogP contribution in [0.2, 0.25) is 0 Å². The fraction of sp³-hybridized carbons (Fsp3) is 1.00. The van der Waals surface area contributed by atoms with Crippen LogP contribution >= 0.6 is 0 Å². The zero-order chi connectivity index (χ0) is 7.72. The van der Waals surface area contributed by atoms with E-state index in [0.29, 0.717) is 11.2 Å². The molecule has 60 valence electrons. The molecule has 1 rings (SSSR count). The van der Waals surface area contributed by atoms with E-state index in [0.717, 1.165) is 12.2 Å². The van der Waals surface area contributed by atoms with E-state index >= 15 is 0 Å². The Labute approximate surface area is 64.6 Å². The molecule has 0 radical (unpaired) electrons. The van der Waals surface area contributed by atoms with Crippen LogP contribution in [0.15, 0.2) is 0 Å². The van der Waals surface area contributed by atoms with Crippen LogP contribution in [-0.2, 0) is 10.8 Å². The van der Waals surface area contributed by atoms with E-state index in [1.165, 1.54) is 0 Å². The van der Waals surface area contributed by atoms with Crippen LogP contribution in [-0.4, -0.2) is 21.3 Å². The maximum absolute atomic E-state index is 11.2. The molecule has 1 aliphatic heterocycles. The summed E-state index contributed by atoms with van der Waals surface area (Å²) < 4.78 is 11.2. The molecule has 0 aliphatic carbocycles. The molecule has 1 aliphatic rings. The number of hydrogen-bond donors (Lipinski definition) is 1. The quantitative estimate of drug-likeness (QED) is 0.562. The minimum absolute atomic E-state index is 0.271. The first-order valence-electron chi connectivity index (χ1n) is 3.74. The largest absolute Gasteiger partial charge is 0.327 e. The SMILES string of the molecule is CC1CS(=O)C(C)CC1N. The second-order valence-electron chi connectivity index (χ2n) is 3.23. The minimum Gasteiger partial charge on any atom is -0.327 e. The maximum Gasteiger partial charge on any atom is 0.0334 e. The molecule has 1 fully saturated rings. The molecule has 0 aromatic rings. The van der Waals surface area contributed by atoms with Gasteiger partial charge in [0.15, 0.2) is 0 Å². The van der Waals surface area contributed by atoms with Crippen LogP contribution in [0.1, 0.15) is 20.3 Å². The van der Waals surface area contributed by atoms with E-state index in [2.05, 4.69) is 6.92 Å². The van der Waals surface area contributed by atoms with Crippen LogP contribution in [0.25, 0.3) is 0 Å². The van der Waals surface area contributed by atoms with Gasteiger partial charge in [0.05, 0.1) is 0 Å². The summed E-state index contributed by atoms with van der Waals surface area (Å²) in [5.74, 6) is 1.24. The van der Waals surface area contributed by atoms with Crippen molar-refractivity contribution in [2.24, 2.45) is 11.7 Å². The first kappa shape index (κ1) is 8.21. The smallest absolute Gasteiger partial charge is 0.0334 e. The van der Waals surface area contributed by atoms with Gasteiger partial charge >= 0.3 is 0 Å². The van der Waals surface area contributed by atoms with Gasteiger partial charge in [-0.15, -0.1) is 0 Å². The van der Waals surface area contributed by atoms with Crippen molar-refractivity contribution in [1.29, 1.82) is 0 Å². The summed E-state index contributed by atoms with van der Waals surface area (Å²) in [6.45, 7) is 4.09. The summed E-state index contributed by atoms with van der Waals surface area (Å²) in [6, 6.07) is 0.271. The molecule has 0 bridgehead atoms. The second kappa shape index (κ2) is 3.01.